The van der Waals surface area contributed by atoms with E-state index in [4.69, 9.17) is 0 Å². The van der Waals surface area contributed by atoms with E-state index in [1.165, 1.54) is 13.3 Å². The van der Waals surface area contributed by atoms with Gasteiger partial charge in [-0.15, -0.1) is 0 Å². The maximum Gasteiger partial charge on any atom is 0.346 e. The second-order valence-corrected chi connectivity index (χ2v) is 2.69. The summed E-state index contributed by atoms with van der Waals surface area (Å²) in [6, 6.07) is 1.60. The van der Waals surface area contributed by atoms with E-state index >= 15 is 0 Å². The van der Waals surface area contributed by atoms with Gasteiger partial charge in [-0.05, 0) is 6.07 Å². The first-order chi connectivity index (χ1) is 6.63. The Morgan fingerprint density at radius 2 is 2.43 bits per heavy atom. The number of carbonyl (C=O) groups excluding carboxylic acids is 1. The normalized spacial score (nSPS) is 9.57. The van der Waals surface area contributed by atoms with Crippen molar-refractivity contribution in [1.29, 1.82) is 0 Å². The molecule has 0 aliphatic heterocycles. The number of ether oxygens (including phenoxy) is 1. The zero-order valence-electron chi connectivity index (χ0n) is 7.98. The fraction of sp³-hybridized carbons (Fsp3) is 0.375. The summed E-state index contributed by atoms with van der Waals surface area (Å²) in [5, 5.41) is 0. The molecule has 0 radical (unpaired) electrons. The Labute approximate surface area is 80.5 Å². The number of esters is 1. The standard InChI is InChI=1S/C8H11N3O3/c1-11(5-7(12)14-2)6-3-4-9-8(13)10-6/h3-4H,5H2,1-2H3,(H,9,10,13). The van der Waals surface area contributed by atoms with Gasteiger partial charge in [-0.3, -0.25) is 9.78 Å². The third-order valence-corrected chi connectivity index (χ3v) is 1.66. The van der Waals surface area contributed by atoms with Crippen molar-refractivity contribution in [2.45, 2.75) is 0 Å². The fourth-order valence-corrected chi connectivity index (χ4v) is 0.925. The molecule has 0 aliphatic rings. The maximum absolute atomic E-state index is 10.9. The summed E-state index contributed by atoms with van der Waals surface area (Å²) in [7, 11) is 2.98. The van der Waals surface area contributed by atoms with Crippen LogP contribution < -0.4 is 10.6 Å². The van der Waals surface area contributed by atoms with Crippen LogP contribution in [0, 0.1) is 0 Å². The molecule has 1 rings (SSSR count). The van der Waals surface area contributed by atoms with Crippen LogP contribution in [0.3, 0.4) is 0 Å². The highest BCUT2D eigenvalue weighted by Gasteiger charge is 2.07. The Bertz CT molecular complexity index is 374. The van der Waals surface area contributed by atoms with Gasteiger partial charge in [-0.1, -0.05) is 0 Å². The van der Waals surface area contributed by atoms with Crippen LogP contribution in [-0.4, -0.2) is 36.6 Å². The Balaban J connectivity index is 2.74. The number of rotatable bonds is 3. The van der Waals surface area contributed by atoms with Gasteiger partial charge in [0.15, 0.2) is 0 Å². The lowest BCUT2D eigenvalue weighted by molar-refractivity contribution is -0.138. The molecule has 1 N–H and O–H groups in total. The van der Waals surface area contributed by atoms with E-state index in [0.717, 1.165) is 0 Å². The van der Waals surface area contributed by atoms with Crippen molar-refractivity contribution in [3.05, 3.63) is 22.7 Å². The quantitative estimate of drug-likeness (QED) is 0.653. The van der Waals surface area contributed by atoms with E-state index in [-0.39, 0.29) is 12.5 Å². The third kappa shape index (κ3) is 2.58. The molecule has 0 bridgehead atoms. The van der Waals surface area contributed by atoms with Gasteiger partial charge < -0.3 is 9.64 Å². The number of hydrogen-bond donors (Lipinski definition) is 1. The van der Waals surface area contributed by atoms with Crippen LogP contribution in [0.1, 0.15) is 0 Å². The van der Waals surface area contributed by atoms with Crippen LogP contribution in [0.4, 0.5) is 5.82 Å². The average molecular weight is 197 g/mol. The van der Waals surface area contributed by atoms with Crippen molar-refractivity contribution in [3.8, 4) is 0 Å². The average Bonchev–Trinajstić information content (AvgIpc) is 2.17. The molecule has 6 heteroatoms. The molecule has 1 aromatic heterocycles. The van der Waals surface area contributed by atoms with Crippen molar-refractivity contribution in [3.63, 3.8) is 0 Å². The number of methoxy groups -OCH3 is 1. The smallest absolute Gasteiger partial charge is 0.346 e. The van der Waals surface area contributed by atoms with E-state index in [1.54, 1.807) is 18.0 Å². The Hall–Kier alpha value is -1.85. The summed E-state index contributed by atoms with van der Waals surface area (Å²) in [4.78, 5) is 29.3. The van der Waals surface area contributed by atoms with E-state index in [9.17, 15) is 9.59 Å². The van der Waals surface area contributed by atoms with Crippen molar-refractivity contribution < 1.29 is 9.53 Å². The first-order valence-corrected chi connectivity index (χ1v) is 3.97. The van der Waals surface area contributed by atoms with Gasteiger partial charge in [0.05, 0.1) is 7.11 Å². The fourth-order valence-electron chi connectivity index (χ4n) is 0.925. The number of likely N-dealkylation sites (N-methyl/N-ethyl adjacent to an activating group) is 1. The summed E-state index contributed by atoms with van der Waals surface area (Å²) in [6.07, 6.45) is 1.38. The monoisotopic (exact) mass is 197 g/mol. The molecule has 1 heterocycles. The third-order valence-electron chi connectivity index (χ3n) is 1.66. The first kappa shape index (κ1) is 10.2. The number of hydrogen-bond acceptors (Lipinski definition) is 5. The minimum Gasteiger partial charge on any atom is -0.468 e. The first-order valence-electron chi connectivity index (χ1n) is 3.97. The van der Waals surface area contributed by atoms with Gasteiger partial charge in [0.2, 0.25) is 0 Å². The minimum atomic E-state index is -0.445. The second kappa shape index (κ2) is 4.40. The Kier molecular flexibility index (Phi) is 3.22. The van der Waals surface area contributed by atoms with Gasteiger partial charge in [0, 0.05) is 13.2 Å². The molecular weight excluding hydrogens is 186 g/mol. The van der Waals surface area contributed by atoms with Gasteiger partial charge in [0.25, 0.3) is 0 Å². The molecule has 0 saturated heterocycles. The largest absolute Gasteiger partial charge is 0.468 e. The van der Waals surface area contributed by atoms with Crippen LogP contribution in [0.5, 0.6) is 0 Å². The van der Waals surface area contributed by atoms with E-state index in [1.807, 2.05) is 0 Å². The zero-order chi connectivity index (χ0) is 10.6. The maximum atomic E-state index is 10.9. The van der Waals surface area contributed by atoms with Crippen LogP contribution in [0.2, 0.25) is 0 Å². The molecule has 0 spiro atoms. The number of nitrogens with zero attached hydrogens (tertiary/aromatic N) is 2. The number of nitrogens with one attached hydrogen (secondary N) is 1. The summed E-state index contributed by atoms with van der Waals surface area (Å²) in [5.74, 6) is 0.153. The summed E-state index contributed by atoms with van der Waals surface area (Å²) in [6.45, 7) is 0.0798. The summed E-state index contributed by atoms with van der Waals surface area (Å²) >= 11 is 0. The molecule has 0 atom stereocenters. The molecule has 0 unspecified atom stereocenters. The Morgan fingerprint density at radius 1 is 1.71 bits per heavy atom. The highest BCUT2D eigenvalue weighted by atomic mass is 16.5. The molecule has 76 valence electrons. The number of aromatic amines is 1. The number of aromatic nitrogens is 2. The van der Waals surface area contributed by atoms with E-state index in [2.05, 4.69) is 14.7 Å². The van der Waals surface area contributed by atoms with Gasteiger partial charge >= 0.3 is 11.7 Å². The molecule has 1 aromatic rings. The predicted molar refractivity (Wildman–Crippen MR) is 50.1 cm³/mol. The molecule has 14 heavy (non-hydrogen) atoms. The molecule has 0 saturated carbocycles. The van der Waals surface area contributed by atoms with Crippen molar-refractivity contribution >= 4 is 11.8 Å². The second-order valence-electron chi connectivity index (χ2n) is 2.69. The van der Waals surface area contributed by atoms with Gasteiger partial charge in [0.1, 0.15) is 12.4 Å². The lowest BCUT2D eigenvalue weighted by Gasteiger charge is -2.16. The molecule has 6 nitrogen and oxygen atoms in total. The van der Waals surface area contributed by atoms with Crippen molar-refractivity contribution in [1.82, 2.24) is 9.97 Å². The number of carbonyl (C=O) groups is 1. The lowest BCUT2D eigenvalue weighted by Crippen LogP contribution is -2.28. The number of H-pyrrole nitrogens is 1. The Morgan fingerprint density at radius 3 is 3.00 bits per heavy atom. The molecular formula is C8H11N3O3. The van der Waals surface area contributed by atoms with E-state index < -0.39 is 5.69 Å². The molecule has 0 fully saturated rings. The molecule has 0 amide bonds. The zero-order valence-corrected chi connectivity index (χ0v) is 7.98. The predicted octanol–water partition coefficient (Wildman–Crippen LogP) is -0.621. The van der Waals surface area contributed by atoms with Crippen molar-refractivity contribution in [2.24, 2.45) is 0 Å². The molecule has 0 aliphatic carbocycles. The SMILES string of the molecule is COC(=O)CN(C)c1ccnc(=O)[nH]1. The highest BCUT2D eigenvalue weighted by Crippen LogP contribution is 2.02. The summed E-state index contributed by atoms with van der Waals surface area (Å²) in [5.41, 5.74) is -0.445. The summed E-state index contributed by atoms with van der Waals surface area (Å²) < 4.78 is 4.48. The van der Waals surface area contributed by atoms with Crippen LogP contribution in [0.25, 0.3) is 0 Å². The lowest BCUT2D eigenvalue weighted by atomic mass is 10.5. The topological polar surface area (TPSA) is 75.3 Å². The number of anilines is 1. The van der Waals surface area contributed by atoms with Crippen LogP contribution in [0.15, 0.2) is 17.1 Å². The molecule has 0 aromatic carbocycles. The van der Waals surface area contributed by atoms with Crippen molar-refractivity contribution in [2.75, 3.05) is 25.6 Å². The van der Waals surface area contributed by atoms with E-state index in [0.29, 0.717) is 5.82 Å². The van der Waals surface area contributed by atoms with Gasteiger partial charge in [-0.2, -0.15) is 0 Å². The highest BCUT2D eigenvalue weighted by molar-refractivity contribution is 5.74. The van der Waals surface area contributed by atoms with Crippen LogP contribution >= 0.6 is 0 Å². The minimum absolute atomic E-state index is 0.0798. The van der Waals surface area contributed by atoms with Crippen LogP contribution in [-0.2, 0) is 9.53 Å². The van der Waals surface area contributed by atoms with Gasteiger partial charge in [-0.25, -0.2) is 9.78 Å².